The van der Waals surface area contributed by atoms with Gasteiger partial charge >= 0.3 is 0 Å². The fraction of sp³-hybridized carbons (Fsp3) is 0.367. The Morgan fingerprint density at radius 1 is 1.00 bits per heavy atom. The maximum absolute atomic E-state index is 13.6. The van der Waals surface area contributed by atoms with Gasteiger partial charge in [-0.15, -0.1) is 0 Å². The summed E-state index contributed by atoms with van der Waals surface area (Å²) in [4.78, 5) is 18.3. The van der Waals surface area contributed by atoms with Crippen LogP contribution in [0, 0.1) is 5.82 Å². The fourth-order valence-corrected chi connectivity index (χ4v) is 5.02. The van der Waals surface area contributed by atoms with E-state index in [-0.39, 0.29) is 16.4 Å². The third-order valence-corrected chi connectivity index (χ3v) is 11.9. The minimum absolute atomic E-state index is 0.139. The Hall–Kier alpha value is -3.56. The van der Waals surface area contributed by atoms with Crippen LogP contribution in [-0.4, -0.2) is 41.4 Å². The molecule has 2 aromatic heterocycles. The Bertz CT molecular complexity index is 1460. The van der Waals surface area contributed by atoms with Crippen LogP contribution in [0.5, 0.6) is 5.75 Å². The highest BCUT2D eigenvalue weighted by Gasteiger charge is 2.36. The van der Waals surface area contributed by atoms with Crippen LogP contribution in [0.25, 0.3) is 16.9 Å². The largest absolute Gasteiger partial charge is 0.497 e. The Kier molecular flexibility index (Phi) is 8.51. The molecule has 2 aromatic carbocycles. The summed E-state index contributed by atoms with van der Waals surface area (Å²) in [6, 6.07) is 13.7. The maximum Gasteiger partial charge on any atom is 0.281 e. The molecule has 0 aliphatic carbocycles. The summed E-state index contributed by atoms with van der Waals surface area (Å²) in [6.07, 6.45) is 6.65. The van der Waals surface area contributed by atoms with Crippen LogP contribution in [-0.2, 0) is 17.4 Å². The molecular weight excluding hydrogens is 511 g/mol. The number of hydrogen-bond acceptors (Lipinski definition) is 5. The molecule has 0 saturated heterocycles. The molecule has 9 heteroatoms. The SMILES string of the molecule is COc1ccc(Cn2cc(-c3nc(CCCO[Si](C)(C)C(C)(C)C)cn(-c4ccc(F)cc4)c3=O)cn2)cc1. The Labute approximate surface area is 230 Å². The van der Waals surface area contributed by atoms with E-state index < -0.39 is 8.32 Å². The van der Waals surface area contributed by atoms with E-state index in [1.165, 1.54) is 16.7 Å². The number of hydrogen-bond donors (Lipinski definition) is 0. The number of nitrogens with zero attached hydrogens (tertiary/aromatic N) is 4. The van der Waals surface area contributed by atoms with Gasteiger partial charge < -0.3 is 9.16 Å². The Morgan fingerprint density at radius 2 is 1.69 bits per heavy atom. The summed E-state index contributed by atoms with van der Waals surface area (Å²) in [7, 11) is -0.214. The van der Waals surface area contributed by atoms with Crippen molar-refractivity contribution in [1.82, 2.24) is 19.3 Å². The van der Waals surface area contributed by atoms with E-state index in [1.54, 1.807) is 36.3 Å². The lowest BCUT2D eigenvalue weighted by Crippen LogP contribution is -2.41. The molecule has 0 unspecified atom stereocenters. The van der Waals surface area contributed by atoms with Crippen LogP contribution >= 0.6 is 0 Å². The smallest absolute Gasteiger partial charge is 0.281 e. The molecule has 0 radical (unpaired) electrons. The summed E-state index contributed by atoms with van der Waals surface area (Å²) in [6.45, 7) is 12.3. The zero-order chi connectivity index (χ0) is 28.2. The molecule has 206 valence electrons. The zero-order valence-corrected chi connectivity index (χ0v) is 24.6. The van der Waals surface area contributed by atoms with Gasteiger partial charge in [0, 0.05) is 30.3 Å². The van der Waals surface area contributed by atoms with Crippen LogP contribution in [0.15, 0.2) is 71.9 Å². The number of benzene rings is 2. The number of rotatable bonds is 10. The molecule has 0 aliphatic heterocycles. The molecule has 4 rings (SSSR count). The Morgan fingerprint density at radius 3 is 2.33 bits per heavy atom. The van der Waals surface area contributed by atoms with Gasteiger partial charge in [0.25, 0.3) is 5.56 Å². The first-order valence-corrected chi connectivity index (χ1v) is 16.1. The first-order valence-electron chi connectivity index (χ1n) is 13.1. The predicted molar refractivity (Wildman–Crippen MR) is 155 cm³/mol. The van der Waals surface area contributed by atoms with Crippen LogP contribution in [0.1, 0.15) is 38.4 Å². The predicted octanol–water partition coefficient (Wildman–Crippen LogP) is 6.25. The van der Waals surface area contributed by atoms with Crippen LogP contribution in [0.3, 0.4) is 0 Å². The van der Waals surface area contributed by atoms with Crippen LogP contribution < -0.4 is 10.3 Å². The van der Waals surface area contributed by atoms with E-state index in [0.717, 1.165) is 23.4 Å². The normalized spacial score (nSPS) is 12.1. The minimum Gasteiger partial charge on any atom is -0.497 e. The van der Waals surface area contributed by atoms with Gasteiger partial charge in [-0.3, -0.25) is 14.0 Å². The molecule has 0 spiro atoms. The average Bonchev–Trinajstić information content (AvgIpc) is 3.36. The average molecular weight is 549 g/mol. The highest BCUT2D eigenvalue weighted by molar-refractivity contribution is 6.74. The molecule has 0 amide bonds. The number of aromatic nitrogens is 4. The summed E-state index contributed by atoms with van der Waals surface area (Å²) in [5, 5.41) is 4.61. The van der Waals surface area contributed by atoms with Crippen molar-refractivity contribution in [1.29, 1.82) is 0 Å². The number of methoxy groups -OCH3 is 1. The van der Waals surface area contributed by atoms with Crippen molar-refractivity contribution in [2.75, 3.05) is 13.7 Å². The van der Waals surface area contributed by atoms with E-state index in [0.29, 0.717) is 36.5 Å². The molecule has 0 N–H and O–H groups in total. The van der Waals surface area contributed by atoms with Crippen molar-refractivity contribution >= 4 is 8.32 Å². The van der Waals surface area contributed by atoms with Gasteiger partial charge in [0.15, 0.2) is 8.32 Å². The van der Waals surface area contributed by atoms with Gasteiger partial charge in [-0.05, 0) is 72.9 Å². The second-order valence-corrected chi connectivity index (χ2v) is 16.0. The van der Waals surface area contributed by atoms with Crippen LogP contribution in [0.4, 0.5) is 4.39 Å². The van der Waals surface area contributed by atoms with Crippen LogP contribution in [0.2, 0.25) is 18.1 Å². The van der Waals surface area contributed by atoms with E-state index in [9.17, 15) is 9.18 Å². The summed E-state index contributed by atoms with van der Waals surface area (Å²) < 4.78 is 28.5. The first-order chi connectivity index (χ1) is 18.5. The molecule has 0 fully saturated rings. The topological polar surface area (TPSA) is 71.2 Å². The highest BCUT2D eigenvalue weighted by atomic mass is 28.4. The first kappa shape index (κ1) is 28.4. The van der Waals surface area contributed by atoms with E-state index >= 15 is 0 Å². The minimum atomic E-state index is -1.85. The van der Waals surface area contributed by atoms with E-state index in [4.69, 9.17) is 14.1 Å². The molecule has 0 bridgehead atoms. The molecule has 0 atom stereocenters. The summed E-state index contributed by atoms with van der Waals surface area (Å²) in [5.41, 5.74) is 3.04. The fourth-order valence-electron chi connectivity index (χ4n) is 3.93. The van der Waals surface area contributed by atoms with Gasteiger partial charge in [0.2, 0.25) is 0 Å². The molecule has 4 aromatic rings. The molecular formula is C30H37FN4O3Si. The lowest BCUT2D eigenvalue weighted by Gasteiger charge is -2.36. The number of halogens is 1. The molecule has 0 saturated carbocycles. The lowest BCUT2D eigenvalue weighted by molar-refractivity contribution is 0.282. The van der Waals surface area contributed by atoms with Crippen molar-refractivity contribution in [3.05, 3.63) is 94.5 Å². The molecule has 0 aliphatic rings. The maximum atomic E-state index is 13.6. The van der Waals surface area contributed by atoms with Crippen molar-refractivity contribution in [2.45, 2.75) is 58.3 Å². The van der Waals surface area contributed by atoms with Gasteiger partial charge in [-0.1, -0.05) is 32.9 Å². The van der Waals surface area contributed by atoms with Gasteiger partial charge in [0.1, 0.15) is 17.3 Å². The molecule has 2 heterocycles. The monoisotopic (exact) mass is 548 g/mol. The van der Waals surface area contributed by atoms with Crippen molar-refractivity contribution in [3.8, 4) is 22.7 Å². The summed E-state index contributed by atoms with van der Waals surface area (Å²) in [5.74, 6) is 0.431. The number of ether oxygens (including phenoxy) is 1. The highest BCUT2D eigenvalue weighted by Crippen LogP contribution is 2.36. The van der Waals surface area contributed by atoms with Gasteiger partial charge in [0.05, 0.1) is 25.5 Å². The second kappa shape index (κ2) is 11.7. The second-order valence-electron chi connectivity index (χ2n) is 11.2. The quantitative estimate of drug-likeness (QED) is 0.173. The Balaban J connectivity index is 1.60. The van der Waals surface area contributed by atoms with E-state index in [1.807, 2.05) is 30.5 Å². The zero-order valence-electron chi connectivity index (χ0n) is 23.6. The summed E-state index contributed by atoms with van der Waals surface area (Å²) >= 11 is 0. The van der Waals surface area contributed by atoms with Crippen molar-refractivity contribution in [2.24, 2.45) is 0 Å². The third kappa shape index (κ3) is 6.91. The van der Waals surface area contributed by atoms with Crippen molar-refractivity contribution in [3.63, 3.8) is 0 Å². The van der Waals surface area contributed by atoms with E-state index in [2.05, 4.69) is 39.0 Å². The van der Waals surface area contributed by atoms with Crippen molar-refractivity contribution < 1.29 is 13.6 Å². The number of aryl methyl sites for hydroxylation is 1. The van der Waals surface area contributed by atoms with Gasteiger partial charge in [-0.2, -0.15) is 5.10 Å². The lowest BCUT2D eigenvalue weighted by atomic mass is 10.2. The van der Waals surface area contributed by atoms with Gasteiger partial charge in [-0.25, -0.2) is 9.37 Å². The standard InChI is InChI=1S/C30H37FN4O3Si/c1-30(2,3)39(5,6)38-17-7-8-25-21-35(26-13-11-24(31)12-14-26)29(36)28(33-25)23-18-32-34(20-23)19-22-9-15-27(37-4)16-10-22/h9-16,18,20-21H,7-8,17,19H2,1-6H3. The molecule has 39 heavy (non-hydrogen) atoms. The third-order valence-electron chi connectivity index (χ3n) is 7.32. The molecule has 7 nitrogen and oxygen atoms in total.